The average Bonchev–Trinajstić information content (AvgIpc) is 3.19. The van der Waals surface area contributed by atoms with Gasteiger partial charge in [-0.15, -0.1) is 10.2 Å². The number of β-amino-alcohol motifs (C(OH)–C–C–N with tert-alkyl or cyclic N) is 1. The maximum Gasteiger partial charge on any atom is 0.273 e. The van der Waals surface area contributed by atoms with E-state index in [0.717, 1.165) is 0 Å². The molecule has 1 aliphatic heterocycles. The first-order valence-electron chi connectivity index (χ1n) is 8.01. The Morgan fingerprint density at radius 1 is 1.46 bits per heavy atom. The Labute approximate surface area is 139 Å². The molecule has 3 rings (SSSR count). The molecule has 0 aromatic carbocycles. The molecule has 0 spiro atoms. The molecular formula is C15H21N5O4. The summed E-state index contributed by atoms with van der Waals surface area (Å²) in [5.41, 5.74) is 0.222. The second kappa shape index (κ2) is 7.10. The van der Waals surface area contributed by atoms with E-state index in [4.69, 9.17) is 8.94 Å². The first-order valence-corrected chi connectivity index (χ1v) is 8.01. The van der Waals surface area contributed by atoms with E-state index < -0.39 is 6.10 Å². The van der Waals surface area contributed by atoms with Crippen molar-refractivity contribution in [1.82, 2.24) is 25.6 Å². The molecule has 1 aliphatic rings. The van der Waals surface area contributed by atoms with Gasteiger partial charge in [-0.1, -0.05) is 12.1 Å². The van der Waals surface area contributed by atoms with Crippen molar-refractivity contribution in [2.45, 2.75) is 45.4 Å². The number of rotatable bonds is 5. The van der Waals surface area contributed by atoms with E-state index in [9.17, 15) is 9.90 Å². The highest BCUT2D eigenvalue weighted by Crippen LogP contribution is 2.15. The fraction of sp³-hybridized carbons (Fsp3) is 0.600. The highest BCUT2D eigenvalue weighted by atomic mass is 16.5. The van der Waals surface area contributed by atoms with Crippen LogP contribution in [0.5, 0.6) is 0 Å². The van der Waals surface area contributed by atoms with E-state index >= 15 is 0 Å². The van der Waals surface area contributed by atoms with Crippen LogP contribution < -0.4 is 5.32 Å². The largest absolute Gasteiger partial charge is 0.424 e. The number of hydrogen-bond acceptors (Lipinski definition) is 8. The van der Waals surface area contributed by atoms with Crippen molar-refractivity contribution < 1.29 is 18.8 Å². The van der Waals surface area contributed by atoms with Crippen LogP contribution in [-0.4, -0.2) is 56.5 Å². The number of nitrogens with zero attached hydrogens (tertiary/aromatic N) is 4. The average molecular weight is 335 g/mol. The molecule has 2 N–H and O–H groups in total. The van der Waals surface area contributed by atoms with Crippen LogP contribution in [0.25, 0.3) is 0 Å². The van der Waals surface area contributed by atoms with Crippen molar-refractivity contribution in [1.29, 1.82) is 0 Å². The number of aryl methyl sites for hydroxylation is 2. The molecule has 0 unspecified atom stereocenters. The minimum atomic E-state index is -0.677. The van der Waals surface area contributed by atoms with E-state index in [-0.39, 0.29) is 17.6 Å². The van der Waals surface area contributed by atoms with Crippen molar-refractivity contribution in [2.75, 3.05) is 13.1 Å². The molecule has 1 fully saturated rings. The maximum atomic E-state index is 12.1. The first kappa shape index (κ1) is 16.6. The van der Waals surface area contributed by atoms with E-state index in [1.807, 2.05) is 11.8 Å². The molecule has 9 heteroatoms. The molecule has 0 saturated carbocycles. The summed E-state index contributed by atoms with van der Waals surface area (Å²) in [4.78, 5) is 14.1. The molecule has 1 amide bonds. The van der Waals surface area contributed by atoms with Gasteiger partial charge >= 0.3 is 0 Å². The third-order valence-corrected chi connectivity index (χ3v) is 4.01. The van der Waals surface area contributed by atoms with Gasteiger partial charge in [0.1, 0.15) is 5.76 Å². The van der Waals surface area contributed by atoms with Gasteiger partial charge in [0.25, 0.3) is 5.91 Å². The SMILES string of the molecule is CCc1nnc(CN2CC[C@@H](NC(=O)c3cc(C)on3)[C@H](O)C2)o1. The van der Waals surface area contributed by atoms with Crippen LogP contribution in [0.4, 0.5) is 0 Å². The fourth-order valence-corrected chi connectivity index (χ4v) is 2.71. The van der Waals surface area contributed by atoms with Crippen LogP contribution in [0.1, 0.15) is 41.4 Å². The van der Waals surface area contributed by atoms with Gasteiger partial charge < -0.3 is 19.4 Å². The van der Waals surface area contributed by atoms with Gasteiger partial charge in [0.05, 0.1) is 18.7 Å². The van der Waals surface area contributed by atoms with Crippen molar-refractivity contribution in [3.63, 3.8) is 0 Å². The quantitative estimate of drug-likeness (QED) is 0.801. The zero-order chi connectivity index (χ0) is 17.1. The Hall–Kier alpha value is -2.26. The monoisotopic (exact) mass is 335 g/mol. The Kier molecular flexibility index (Phi) is 4.91. The van der Waals surface area contributed by atoms with Gasteiger partial charge in [-0.25, -0.2) is 0 Å². The predicted molar refractivity (Wildman–Crippen MR) is 82.1 cm³/mol. The van der Waals surface area contributed by atoms with Gasteiger partial charge in [-0.05, 0) is 13.3 Å². The molecule has 1 saturated heterocycles. The number of piperidine rings is 1. The van der Waals surface area contributed by atoms with Gasteiger partial charge in [0.15, 0.2) is 5.69 Å². The number of nitrogens with one attached hydrogen (secondary N) is 1. The normalized spacial score (nSPS) is 21.8. The first-order chi connectivity index (χ1) is 11.5. The summed E-state index contributed by atoms with van der Waals surface area (Å²) < 4.78 is 10.4. The van der Waals surface area contributed by atoms with E-state index in [1.165, 1.54) is 0 Å². The third kappa shape index (κ3) is 3.80. The minimum absolute atomic E-state index is 0.222. The molecule has 130 valence electrons. The lowest BCUT2D eigenvalue weighted by Crippen LogP contribution is -2.53. The van der Waals surface area contributed by atoms with Crippen molar-refractivity contribution >= 4 is 5.91 Å². The second-order valence-corrected chi connectivity index (χ2v) is 5.94. The number of hydrogen-bond donors (Lipinski definition) is 2. The summed E-state index contributed by atoms with van der Waals surface area (Å²) in [6, 6.07) is 1.25. The van der Waals surface area contributed by atoms with Crippen LogP contribution in [0.2, 0.25) is 0 Å². The van der Waals surface area contributed by atoms with Gasteiger partial charge in [0.2, 0.25) is 11.8 Å². The molecule has 2 aromatic rings. The zero-order valence-corrected chi connectivity index (χ0v) is 13.7. The molecule has 3 heterocycles. The summed E-state index contributed by atoms with van der Waals surface area (Å²) in [5, 5.41) is 24.7. The van der Waals surface area contributed by atoms with Crippen LogP contribution in [0.15, 0.2) is 15.0 Å². The highest BCUT2D eigenvalue weighted by Gasteiger charge is 2.30. The predicted octanol–water partition coefficient (Wildman–Crippen LogP) is 0.294. The number of aliphatic hydroxyl groups is 1. The molecule has 0 aliphatic carbocycles. The number of carbonyl (C=O) groups is 1. The minimum Gasteiger partial charge on any atom is -0.424 e. The van der Waals surface area contributed by atoms with Gasteiger partial charge in [-0.2, -0.15) is 0 Å². The van der Waals surface area contributed by atoms with Crippen molar-refractivity contribution in [3.05, 3.63) is 29.3 Å². The molecule has 2 aromatic heterocycles. The summed E-state index contributed by atoms with van der Waals surface area (Å²) in [6.45, 7) is 5.30. The fourth-order valence-electron chi connectivity index (χ4n) is 2.71. The number of aliphatic hydroxyl groups excluding tert-OH is 1. The number of likely N-dealkylation sites (tertiary alicyclic amines) is 1. The lowest BCUT2D eigenvalue weighted by Gasteiger charge is -2.35. The van der Waals surface area contributed by atoms with Crippen molar-refractivity contribution in [2.24, 2.45) is 0 Å². The molecule has 9 nitrogen and oxygen atoms in total. The van der Waals surface area contributed by atoms with Crippen LogP contribution >= 0.6 is 0 Å². The smallest absolute Gasteiger partial charge is 0.273 e. The Morgan fingerprint density at radius 3 is 2.88 bits per heavy atom. The maximum absolute atomic E-state index is 12.1. The number of aromatic nitrogens is 3. The van der Waals surface area contributed by atoms with Crippen LogP contribution in [0.3, 0.4) is 0 Å². The summed E-state index contributed by atoms with van der Waals surface area (Å²) in [6.07, 6.45) is 0.647. The second-order valence-electron chi connectivity index (χ2n) is 5.94. The lowest BCUT2D eigenvalue weighted by molar-refractivity contribution is 0.0316. The van der Waals surface area contributed by atoms with Crippen LogP contribution in [-0.2, 0) is 13.0 Å². The number of carbonyl (C=O) groups excluding carboxylic acids is 1. The molecule has 24 heavy (non-hydrogen) atoms. The summed E-state index contributed by atoms with van der Waals surface area (Å²) in [7, 11) is 0. The number of amides is 1. The standard InChI is InChI=1S/C15H21N5O4/c1-3-13-17-18-14(23-13)8-20-5-4-10(12(21)7-20)16-15(22)11-6-9(2)24-19-11/h6,10,12,21H,3-5,7-8H2,1-2H3,(H,16,22)/t10-,12-/m1/s1. The van der Waals surface area contributed by atoms with E-state index in [0.29, 0.717) is 50.0 Å². The molecular weight excluding hydrogens is 314 g/mol. The molecule has 2 atom stereocenters. The Bertz CT molecular complexity index is 698. The zero-order valence-electron chi connectivity index (χ0n) is 13.7. The Balaban J connectivity index is 1.52. The highest BCUT2D eigenvalue weighted by molar-refractivity contribution is 5.92. The van der Waals surface area contributed by atoms with Crippen LogP contribution in [0, 0.1) is 6.92 Å². The van der Waals surface area contributed by atoms with Gasteiger partial charge in [-0.3, -0.25) is 9.69 Å². The summed E-state index contributed by atoms with van der Waals surface area (Å²) in [5.74, 6) is 1.38. The van der Waals surface area contributed by atoms with E-state index in [2.05, 4.69) is 20.7 Å². The van der Waals surface area contributed by atoms with Gasteiger partial charge in [0, 0.05) is 25.6 Å². The van der Waals surface area contributed by atoms with Crippen molar-refractivity contribution in [3.8, 4) is 0 Å². The summed E-state index contributed by atoms with van der Waals surface area (Å²) >= 11 is 0. The van der Waals surface area contributed by atoms with E-state index in [1.54, 1.807) is 13.0 Å². The molecule has 0 bridgehead atoms. The topological polar surface area (TPSA) is 118 Å². The lowest BCUT2D eigenvalue weighted by atomic mass is 10.0. The molecule has 0 radical (unpaired) electrons. The third-order valence-electron chi connectivity index (χ3n) is 4.01. The Morgan fingerprint density at radius 2 is 2.25 bits per heavy atom.